The van der Waals surface area contributed by atoms with E-state index in [-0.39, 0.29) is 30.6 Å². The Morgan fingerprint density at radius 1 is 0.493 bits per heavy atom. The molecule has 0 aliphatic carbocycles. The van der Waals surface area contributed by atoms with Crippen molar-refractivity contribution >= 4 is 35.6 Å². The van der Waals surface area contributed by atoms with Crippen molar-refractivity contribution in [2.24, 2.45) is 0 Å². The number of aromatic nitrogens is 1. The van der Waals surface area contributed by atoms with Gasteiger partial charge in [-0.05, 0) is 68.2 Å². The van der Waals surface area contributed by atoms with E-state index in [0.717, 1.165) is 64.7 Å². The van der Waals surface area contributed by atoms with Gasteiger partial charge in [0.15, 0.2) is 12.4 Å². The molecule has 2 rings (SSSR count). The van der Waals surface area contributed by atoms with E-state index in [9.17, 15) is 14.4 Å². The number of pyridine rings is 1. The lowest BCUT2D eigenvalue weighted by Crippen LogP contribution is -2.47. The summed E-state index contributed by atoms with van der Waals surface area (Å²) in [6.45, 7) is 9.33. The summed E-state index contributed by atoms with van der Waals surface area (Å²) in [5.74, 6) is -0.459. The minimum Gasteiger partial charge on any atom is -0.381 e. The molecule has 1 unspecified atom stereocenters. The average Bonchev–Trinajstić information content (AvgIpc) is 3.37. The lowest BCUT2D eigenvalue weighted by atomic mass is 10.1. The maximum absolute atomic E-state index is 13.3. The third-order valence-electron chi connectivity index (χ3n) is 13.5. The van der Waals surface area contributed by atoms with Gasteiger partial charge in [-0.3, -0.25) is 14.4 Å². The zero-order valence-corrected chi connectivity index (χ0v) is 46.1. The Hall–Kier alpha value is -3.76. The monoisotopic (exact) mass is 989 g/mol. The number of nitrogens with one attached hydrogen (secondary N) is 3. The molecule has 71 heavy (non-hydrogen) atoms. The van der Waals surface area contributed by atoms with Gasteiger partial charge in [0.25, 0.3) is 0 Å². The van der Waals surface area contributed by atoms with Gasteiger partial charge in [-0.1, -0.05) is 186 Å². The van der Waals surface area contributed by atoms with Crippen molar-refractivity contribution in [3.63, 3.8) is 0 Å². The fraction of sp³-hybridized carbons (Fsp3) is 0.738. The van der Waals surface area contributed by atoms with Crippen LogP contribution in [0.1, 0.15) is 237 Å². The number of aryl methyl sites for hydroxylation is 1. The van der Waals surface area contributed by atoms with Crippen LogP contribution in [0.25, 0.3) is 12.2 Å². The number of hydrogen-bond acceptors (Lipinski definition) is 6. The van der Waals surface area contributed by atoms with Crippen LogP contribution in [0.5, 0.6) is 0 Å². The first-order valence-electron chi connectivity index (χ1n) is 29.3. The van der Waals surface area contributed by atoms with Crippen LogP contribution in [0, 0.1) is 0 Å². The summed E-state index contributed by atoms with van der Waals surface area (Å²) in [5, 5.41) is 8.95. The van der Waals surface area contributed by atoms with Gasteiger partial charge in [0.05, 0.1) is 0 Å². The molecule has 0 radical (unpaired) electrons. The zero-order chi connectivity index (χ0) is 51.1. The van der Waals surface area contributed by atoms with Gasteiger partial charge in [-0.2, -0.15) is 0 Å². The number of hydrogen-bond donors (Lipinski definition) is 3. The van der Waals surface area contributed by atoms with Gasteiger partial charge in [0.2, 0.25) is 17.7 Å². The molecule has 2 aromatic rings. The first-order valence-corrected chi connectivity index (χ1v) is 29.3. The SMILES string of the molecule is CCCCCCCCCCCCOCCCNC(=O)CCC(NC(=O)CCCCCCCCCC[n+]1ccc(C=Cc2ccc(N(C)C)cc2)cc1)C(=O)NCCCOCCCCCCCCCCCC. The van der Waals surface area contributed by atoms with Crippen molar-refractivity contribution in [1.29, 1.82) is 0 Å². The molecule has 1 atom stereocenters. The third kappa shape index (κ3) is 37.6. The summed E-state index contributed by atoms with van der Waals surface area (Å²) in [5.41, 5.74) is 3.59. The highest BCUT2D eigenvalue weighted by Crippen LogP contribution is 2.16. The molecular weight excluding hydrogens is 883 g/mol. The average molecular weight is 990 g/mol. The standard InChI is InChI=1S/C61H105N5O5/c1-5-7-9-11-13-15-19-23-27-31-51-70-53-33-46-62-59(67)43-42-58(61(69)63-47-34-54-71-52-32-28-24-20-16-14-12-10-8-6-2)64-60(68)35-29-25-21-17-18-22-26-30-48-66-49-44-56(45-50-66)37-36-55-38-40-57(41-39-55)65(3)4/h36-41,44-45,49-50,58H,5-35,42-43,46-48,51-54H2,1-4H3,(H2-,62,63,64,67,68,69)/p+1. The highest BCUT2D eigenvalue weighted by atomic mass is 16.5. The van der Waals surface area contributed by atoms with E-state index in [0.29, 0.717) is 39.1 Å². The minimum atomic E-state index is -0.741. The summed E-state index contributed by atoms with van der Waals surface area (Å²) in [6, 6.07) is 12.2. The number of ether oxygens (including phenoxy) is 2. The molecule has 10 nitrogen and oxygen atoms in total. The molecule has 3 N–H and O–H groups in total. The molecule has 3 amide bonds. The van der Waals surface area contributed by atoms with Crippen LogP contribution in [0.3, 0.4) is 0 Å². The van der Waals surface area contributed by atoms with Crippen LogP contribution in [-0.2, 0) is 30.4 Å². The maximum atomic E-state index is 13.3. The highest BCUT2D eigenvalue weighted by molar-refractivity contribution is 5.88. The number of carbonyl (C=O) groups is 3. The topological polar surface area (TPSA) is 113 Å². The lowest BCUT2D eigenvalue weighted by Gasteiger charge is -2.18. The Balaban J connectivity index is 1.60. The van der Waals surface area contributed by atoms with Crippen molar-refractivity contribution in [3.8, 4) is 0 Å². The smallest absolute Gasteiger partial charge is 0.242 e. The molecule has 0 saturated carbocycles. The number of anilines is 1. The second-order valence-electron chi connectivity index (χ2n) is 20.4. The number of carbonyl (C=O) groups excluding carboxylic acids is 3. The van der Waals surface area contributed by atoms with Crippen LogP contribution >= 0.6 is 0 Å². The molecule has 0 saturated heterocycles. The number of amides is 3. The summed E-state index contributed by atoms with van der Waals surface area (Å²) >= 11 is 0. The second kappa shape index (κ2) is 46.1. The molecule has 0 aliphatic rings. The van der Waals surface area contributed by atoms with Crippen LogP contribution in [0.15, 0.2) is 48.8 Å². The van der Waals surface area contributed by atoms with Crippen molar-refractivity contribution in [2.75, 3.05) is 58.5 Å². The molecule has 0 fully saturated rings. The molecule has 0 bridgehead atoms. The predicted octanol–water partition coefficient (Wildman–Crippen LogP) is 13.9. The minimum absolute atomic E-state index is 0.105. The molecule has 404 valence electrons. The lowest BCUT2D eigenvalue weighted by molar-refractivity contribution is -0.697. The Bertz CT molecular complexity index is 1580. The van der Waals surface area contributed by atoms with E-state index in [2.05, 4.69) is 114 Å². The zero-order valence-electron chi connectivity index (χ0n) is 46.1. The molecule has 1 heterocycles. The van der Waals surface area contributed by atoms with E-state index in [1.54, 1.807) is 0 Å². The molecule has 0 spiro atoms. The third-order valence-corrected chi connectivity index (χ3v) is 13.5. The first kappa shape index (κ1) is 63.4. The summed E-state index contributed by atoms with van der Waals surface area (Å²) < 4.78 is 13.9. The Morgan fingerprint density at radius 2 is 0.915 bits per heavy atom. The largest absolute Gasteiger partial charge is 0.381 e. The number of benzene rings is 1. The number of rotatable bonds is 49. The van der Waals surface area contributed by atoms with Gasteiger partial charge < -0.3 is 30.3 Å². The molecule has 10 heteroatoms. The number of nitrogens with zero attached hydrogens (tertiary/aromatic N) is 2. The van der Waals surface area contributed by atoms with Crippen molar-refractivity contribution < 1.29 is 28.4 Å². The van der Waals surface area contributed by atoms with Crippen LogP contribution in [0.4, 0.5) is 5.69 Å². The summed E-state index contributed by atoms with van der Waals surface area (Å²) in [7, 11) is 4.11. The van der Waals surface area contributed by atoms with Gasteiger partial charge in [-0.15, -0.1) is 0 Å². The van der Waals surface area contributed by atoms with Gasteiger partial charge >= 0.3 is 0 Å². The Kier molecular flexibility index (Phi) is 41.1. The van der Waals surface area contributed by atoms with E-state index < -0.39 is 6.04 Å². The maximum Gasteiger partial charge on any atom is 0.242 e. The normalized spacial score (nSPS) is 11.8. The van der Waals surface area contributed by atoms with Crippen LogP contribution in [-0.4, -0.2) is 77.4 Å². The van der Waals surface area contributed by atoms with Crippen molar-refractivity contribution in [3.05, 3.63) is 59.9 Å². The molecule has 1 aromatic heterocycles. The van der Waals surface area contributed by atoms with Gasteiger partial charge in [0, 0.05) is 90.7 Å². The van der Waals surface area contributed by atoms with Crippen LogP contribution in [0.2, 0.25) is 0 Å². The molecular formula is C61H106N5O5+. The van der Waals surface area contributed by atoms with E-state index in [1.807, 2.05) is 0 Å². The summed E-state index contributed by atoms with van der Waals surface area (Å²) in [4.78, 5) is 41.3. The fourth-order valence-electron chi connectivity index (χ4n) is 8.84. The van der Waals surface area contributed by atoms with E-state index in [4.69, 9.17) is 9.47 Å². The summed E-state index contributed by atoms with van der Waals surface area (Å²) in [6.07, 6.45) is 45.9. The van der Waals surface area contributed by atoms with E-state index >= 15 is 0 Å². The van der Waals surface area contributed by atoms with E-state index in [1.165, 1.54) is 158 Å². The predicted molar refractivity (Wildman–Crippen MR) is 300 cm³/mol. The van der Waals surface area contributed by atoms with Gasteiger partial charge in [0.1, 0.15) is 12.6 Å². The quantitative estimate of drug-likeness (QED) is 0.0450. The van der Waals surface area contributed by atoms with Crippen molar-refractivity contribution in [1.82, 2.24) is 16.0 Å². The highest BCUT2D eigenvalue weighted by Gasteiger charge is 2.21. The number of unbranched alkanes of at least 4 members (excludes halogenated alkanes) is 25. The van der Waals surface area contributed by atoms with Gasteiger partial charge in [-0.25, -0.2) is 4.57 Å². The fourth-order valence-corrected chi connectivity index (χ4v) is 8.84. The first-order chi connectivity index (χ1) is 34.8. The Morgan fingerprint density at radius 3 is 1.41 bits per heavy atom. The Labute approximate surface area is 435 Å². The van der Waals surface area contributed by atoms with Crippen LogP contribution < -0.4 is 25.4 Å². The van der Waals surface area contributed by atoms with Crippen molar-refractivity contribution in [2.45, 2.75) is 238 Å². The second-order valence-corrected chi connectivity index (χ2v) is 20.4. The molecule has 1 aromatic carbocycles. The molecule has 0 aliphatic heterocycles.